The van der Waals surface area contributed by atoms with Crippen LogP contribution in [-0.4, -0.2) is 35.5 Å². The number of hydrogen-bond donors (Lipinski definition) is 3. The molecule has 4 aromatic rings. The highest BCUT2D eigenvalue weighted by atomic mass is 32.1. The van der Waals surface area contributed by atoms with Gasteiger partial charge in [0.1, 0.15) is 0 Å². The Labute approximate surface area is 197 Å². The molecular formula is C26H29N5OS. The lowest BCUT2D eigenvalue weighted by Crippen LogP contribution is -2.29. The highest BCUT2D eigenvalue weighted by Gasteiger charge is 2.18. The first-order valence-electron chi connectivity index (χ1n) is 11.4. The number of thiophene rings is 1. The summed E-state index contributed by atoms with van der Waals surface area (Å²) in [5.74, 6) is 1.05. The molecule has 0 bridgehead atoms. The molecule has 0 saturated carbocycles. The van der Waals surface area contributed by atoms with Crippen LogP contribution in [-0.2, 0) is 5.41 Å². The summed E-state index contributed by atoms with van der Waals surface area (Å²) < 4.78 is 1.05. The lowest BCUT2D eigenvalue weighted by Gasteiger charge is -2.19. The summed E-state index contributed by atoms with van der Waals surface area (Å²) >= 11 is 1.51. The summed E-state index contributed by atoms with van der Waals surface area (Å²) in [7, 11) is 0. The molecular weight excluding hydrogens is 430 g/mol. The molecule has 5 rings (SSSR count). The van der Waals surface area contributed by atoms with Gasteiger partial charge in [-0.05, 0) is 66.7 Å². The molecule has 1 aliphatic rings. The van der Waals surface area contributed by atoms with Crippen molar-refractivity contribution >= 4 is 49.9 Å². The Hall–Kier alpha value is -3.03. The number of nitrogens with zero attached hydrogens (tertiary/aromatic N) is 2. The van der Waals surface area contributed by atoms with Gasteiger partial charge >= 0.3 is 0 Å². The first-order chi connectivity index (χ1) is 15.9. The van der Waals surface area contributed by atoms with Crippen LogP contribution in [0.15, 0.2) is 48.7 Å². The minimum atomic E-state index is -0.0114. The van der Waals surface area contributed by atoms with Crippen LogP contribution in [0, 0.1) is 5.92 Å². The predicted octanol–water partition coefficient (Wildman–Crippen LogP) is 5.22. The molecule has 33 heavy (non-hydrogen) atoms. The molecule has 0 aliphatic carbocycles. The van der Waals surface area contributed by atoms with Crippen LogP contribution in [0.1, 0.15) is 42.4 Å². The third-order valence-electron chi connectivity index (χ3n) is 6.17. The van der Waals surface area contributed by atoms with Crippen LogP contribution in [0.3, 0.4) is 0 Å². The lowest BCUT2D eigenvalue weighted by atomic mass is 9.87. The van der Waals surface area contributed by atoms with Crippen molar-refractivity contribution in [2.45, 2.75) is 32.6 Å². The molecule has 0 radical (unpaired) electrons. The van der Waals surface area contributed by atoms with E-state index < -0.39 is 0 Å². The summed E-state index contributed by atoms with van der Waals surface area (Å²) in [6, 6.07) is 14.4. The summed E-state index contributed by atoms with van der Waals surface area (Å²) in [5.41, 5.74) is 3.13. The Kier molecular flexibility index (Phi) is 5.76. The van der Waals surface area contributed by atoms with Gasteiger partial charge in [-0.3, -0.25) is 4.79 Å². The van der Waals surface area contributed by atoms with Crippen molar-refractivity contribution in [3.8, 4) is 0 Å². The van der Waals surface area contributed by atoms with Crippen LogP contribution < -0.4 is 16.0 Å². The molecule has 0 spiro atoms. The number of carbonyl (C=O) groups excluding carboxylic acids is 1. The predicted molar refractivity (Wildman–Crippen MR) is 137 cm³/mol. The van der Waals surface area contributed by atoms with Crippen molar-refractivity contribution in [3.63, 3.8) is 0 Å². The quantitative estimate of drug-likeness (QED) is 0.381. The third kappa shape index (κ3) is 4.70. The van der Waals surface area contributed by atoms with Gasteiger partial charge in [0.2, 0.25) is 5.95 Å². The Balaban J connectivity index is 1.42. The maximum Gasteiger partial charge on any atom is 0.261 e. The number of hydrogen-bond acceptors (Lipinski definition) is 6. The van der Waals surface area contributed by atoms with E-state index in [1.54, 1.807) is 0 Å². The van der Waals surface area contributed by atoms with E-state index >= 15 is 0 Å². The maximum atomic E-state index is 12.8. The molecule has 1 saturated heterocycles. The molecule has 2 aromatic carbocycles. The SMILES string of the molecule is CC(C)(C)c1cccc(Nc2ncc3ccc4sc(C(=O)NCC5CCNC5)cc4c3n2)c1. The topological polar surface area (TPSA) is 78.9 Å². The number of nitrogens with one attached hydrogen (secondary N) is 3. The second-order valence-electron chi connectivity index (χ2n) is 9.74. The third-order valence-corrected chi connectivity index (χ3v) is 7.27. The second-order valence-corrected chi connectivity index (χ2v) is 10.8. The Bertz CT molecular complexity index is 1320. The van der Waals surface area contributed by atoms with E-state index in [9.17, 15) is 4.79 Å². The molecule has 6 nitrogen and oxygen atoms in total. The average Bonchev–Trinajstić information content (AvgIpc) is 3.47. The van der Waals surface area contributed by atoms with E-state index in [0.29, 0.717) is 18.4 Å². The van der Waals surface area contributed by atoms with Gasteiger partial charge in [-0.25, -0.2) is 9.97 Å². The molecule has 3 heterocycles. The van der Waals surface area contributed by atoms with Crippen LogP contribution in [0.2, 0.25) is 0 Å². The largest absolute Gasteiger partial charge is 0.351 e. The molecule has 1 aliphatic heterocycles. The number of rotatable bonds is 5. The summed E-state index contributed by atoms with van der Waals surface area (Å²) in [6.45, 7) is 9.32. The van der Waals surface area contributed by atoms with Crippen molar-refractivity contribution < 1.29 is 4.79 Å². The fraction of sp³-hybridized carbons (Fsp3) is 0.346. The van der Waals surface area contributed by atoms with Gasteiger partial charge in [-0.2, -0.15) is 0 Å². The maximum absolute atomic E-state index is 12.8. The minimum Gasteiger partial charge on any atom is -0.351 e. The number of carbonyl (C=O) groups is 1. The molecule has 7 heteroatoms. The molecule has 170 valence electrons. The summed E-state index contributed by atoms with van der Waals surface area (Å²) in [5, 5.41) is 11.7. The number of fused-ring (bicyclic) bond motifs is 3. The first kappa shape index (κ1) is 21.8. The normalized spacial score (nSPS) is 16.4. The van der Waals surface area contributed by atoms with E-state index in [-0.39, 0.29) is 11.3 Å². The van der Waals surface area contributed by atoms with Crippen LogP contribution >= 0.6 is 11.3 Å². The van der Waals surface area contributed by atoms with Crippen LogP contribution in [0.5, 0.6) is 0 Å². The zero-order valence-corrected chi connectivity index (χ0v) is 20.1. The van der Waals surface area contributed by atoms with Gasteiger partial charge in [-0.1, -0.05) is 32.9 Å². The minimum absolute atomic E-state index is 0.0114. The fourth-order valence-electron chi connectivity index (χ4n) is 4.19. The number of amides is 1. The highest BCUT2D eigenvalue weighted by molar-refractivity contribution is 7.21. The fourth-order valence-corrected chi connectivity index (χ4v) is 5.17. The first-order valence-corrected chi connectivity index (χ1v) is 12.2. The highest BCUT2D eigenvalue weighted by Crippen LogP contribution is 2.32. The standard InChI is InChI=1S/C26H29N5OS/c1-26(2,3)18-5-4-6-19(11-18)30-25-29-15-17-7-8-21-20(23(17)31-25)12-22(33-21)24(32)28-14-16-9-10-27-13-16/h4-8,11-12,15-16,27H,9-10,13-14H2,1-3H3,(H,28,32)(H,29,30,31). The summed E-state index contributed by atoms with van der Waals surface area (Å²) in [4.78, 5) is 22.8. The van der Waals surface area contributed by atoms with E-state index in [2.05, 4.69) is 53.8 Å². The average molecular weight is 460 g/mol. The van der Waals surface area contributed by atoms with Crippen molar-refractivity contribution in [2.24, 2.45) is 5.92 Å². The molecule has 1 unspecified atom stereocenters. The Morgan fingerprint density at radius 3 is 2.88 bits per heavy atom. The second kappa shape index (κ2) is 8.72. The number of anilines is 2. The monoisotopic (exact) mass is 459 g/mol. The zero-order chi connectivity index (χ0) is 23.0. The Morgan fingerprint density at radius 1 is 1.21 bits per heavy atom. The van der Waals surface area contributed by atoms with Gasteiger partial charge in [0.25, 0.3) is 5.91 Å². The van der Waals surface area contributed by atoms with E-state index in [1.807, 2.05) is 36.5 Å². The van der Waals surface area contributed by atoms with Gasteiger partial charge in [0, 0.05) is 33.9 Å². The molecule has 1 atom stereocenters. The van der Waals surface area contributed by atoms with E-state index in [0.717, 1.165) is 51.1 Å². The van der Waals surface area contributed by atoms with Crippen molar-refractivity contribution in [1.29, 1.82) is 0 Å². The zero-order valence-electron chi connectivity index (χ0n) is 19.2. The van der Waals surface area contributed by atoms with Gasteiger partial charge in [0.05, 0.1) is 10.4 Å². The molecule has 3 N–H and O–H groups in total. The lowest BCUT2D eigenvalue weighted by molar-refractivity contribution is 0.0952. The van der Waals surface area contributed by atoms with Crippen molar-refractivity contribution in [3.05, 3.63) is 59.1 Å². The summed E-state index contributed by atoms with van der Waals surface area (Å²) in [6.07, 6.45) is 2.95. The van der Waals surface area contributed by atoms with Gasteiger partial charge in [-0.15, -0.1) is 11.3 Å². The molecule has 1 fully saturated rings. The van der Waals surface area contributed by atoms with Crippen molar-refractivity contribution in [2.75, 3.05) is 25.0 Å². The molecule has 1 amide bonds. The number of aromatic nitrogens is 2. The van der Waals surface area contributed by atoms with Crippen LogP contribution in [0.4, 0.5) is 11.6 Å². The van der Waals surface area contributed by atoms with E-state index in [4.69, 9.17) is 4.98 Å². The van der Waals surface area contributed by atoms with Crippen LogP contribution in [0.25, 0.3) is 21.0 Å². The van der Waals surface area contributed by atoms with Gasteiger partial charge < -0.3 is 16.0 Å². The smallest absolute Gasteiger partial charge is 0.261 e. The molecule has 2 aromatic heterocycles. The van der Waals surface area contributed by atoms with Gasteiger partial charge in [0.15, 0.2) is 0 Å². The Morgan fingerprint density at radius 2 is 2.09 bits per heavy atom. The van der Waals surface area contributed by atoms with Crippen molar-refractivity contribution in [1.82, 2.24) is 20.6 Å². The number of benzene rings is 2. The van der Waals surface area contributed by atoms with E-state index in [1.165, 1.54) is 16.9 Å².